The number of sulfonamides is 1. The van der Waals surface area contributed by atoms with Crippen LogP contribution in [0.2, 0.25) is 0 Å². The Hall–Kier alpha value is -3.11. The fraction of sp³-hybridized carbons (Fsp3) is 0.417. The standard InChI is InChI=1S/C24H30N2O7S/c1-16-8-9-18(12-22(16)34(29,30)26-10-6-5-7-11-26)24(28)33-17(2)23(27)25-19-13-20(31-3)15-21(14-19)32-4/h8-9,12-15,17H,5-7,10-11H2,1-4H3,(H,25,27). The van der Waals surface area contributed by atoms with Gasteiger partial charge in [-0.2, -0.15) is 4.31 Å². The number of nitrogens with one attached hydrogen (secondary N) is 1. The van der Waals surface area contributed by atoms with Gasteiger partial charge >= 0.3 is 5.97 Å². The number of amides is 1. The van der Waals surface area contributed by atoms with Crippen LogP contribution in [0.3, 0.4) is 0 Å². The number of benzene rings is 2. The van der Waals surface area contributed by atoms with E-state index in [4.69, 9.17) is 14.2 Å². The molecule has 1 atom stereocenters. The number of carbonyl (C=O) groups excluding carboxylic acids is 2. The summed E-state index contributed by atoms with van der Waals surface area (Å²) in [7, 11) is -0.741. The van der Waals surface area contributed by atoms with Gasteiger partial charge in [0.1, 0.15) is 11.5 Å². The van der Waals surface area contributed by atoms with Crippen molar-refractivity contribution in [1.82, 2.24) is 4.31 Å². The molecular formula is C24H30N2O7S. The van der Waals surface area contributed by atoms with Crippen molar-refractivity contribution in [2.45, 2.75) is 44.1 Å². The molecule has 0 radical (unpaired) electrons. The number of nitrogens with zero attached hydrogens (tertiary/aromatic N) is 1. The number of rotatable bonds is 8. The third kappa shape index (κ3) is 5.87. The van der Waals surface area contributed by atoms with E-state index in [0.717, 1.165) is 19.3 Å². The second kappa shape index (κ2) is 10.9. The summed E-state index contributed by atoms with van der Waals surface area (Å²) in [6.45, 7) is 4.04. The zero-order valence-electron chi connectivity index (χ0n) is 19.8. The van der Waals surface area contributed by atoms with Crippen molar-refractivity contribution in [3.63, 3.8) is 0 Å². The molecule has 1 unspecified atom stereocenters. The highest BCUT2D eigenvalue weighted by Gasteiger charge is 2.29. The molecule has 0 saturated carbocycles. The Morgan fingerprint density at radius 1 is 0.971 bits per heavy atom. The summed E-state index contributed by atoms with van der Waals surface area (Å²) < 4.78 is 43.4. The molecule has 1 aliphatic heterocycles. The number of ether oxygens (including phenoxy) is 3. The van der Waals surface area contributed by atoms with Gasteiger partial charge in [-0.05, 0) is 44.4 Å². The van der Waals surface area contributed by atoms with Crippen molar-refractivity contribution in [2.24, 2.45) is 0 Å². The number of aryl methyl sites for hydroxylation is 1. The lowest BCUT2D eigenvalue weighted by atomic mass is 10.1. The van der Waals surface area contributed by atoms with Crippen molar-refractivity contribution in [3.05, 3.63) is 47.5 Å². The fourth-order valence-electron chi connectivity index (χ4n) is 3.65. The molecule has 0 aromatic heterocycles. The summed E-state index contributed by atoms with van der Waals surface area (Å²) in [6.07, 6.45) is 1.49. The average molecular weight is 491 g/mol. The molecule has 10 heteroatoms. The van der Waals surface area contributed by atoms with Crippen LogP contribution in [0.15, 0.2) is 41.3 Å². The van der Waals surface area contributed by atoms with E-state index in [-0.39, 0.29) is 10.5 Å². The monoisotopic (exact) mass is 490 g/mol. The first kappa shape index (κ1) is 25.5. The van der Waals surface area contributed by atoms with E-state index in [1.165, 1.54) is 37.6 Å². The molecule has 1 amide bonds. The quantitative estimate of drug-likeness (QED) is 0.565. The highest BCUT2D eigenvalue weighted by atomic mass is 32.2. The Balaban J connectivity index is 1.73. The van der Waals surface area contributed by atoms with Crippen molar-refractivity contribution in [1.29, 1.82) is 0 Å². The minimum Gasteiger partial charge on any atom is -0.497 e. The van der Waals surface area contributed by atoms with Gasteiger partial charge in [-0.25, -0.2) is 13.2 Å². The second-order valence-corrected chi connectivity index (χ2v) is 9.99. The first-order chi connectivity index (χ1) is 16.1. The van der Waals surface area contributed by atoms with Gasteiger partial charge in [0.15, 0.2) is 6.10 Å². The minimum atomic E-state index is -3.72. The van der Waals surface area contributed by atoms with Crippen LogP contribution in [-0.4, -0.2) is 58.0 Å². The first-order valence-electron chi connectivity index (χ1n) is 11.0. The van der Waals surface area contributed by atoms with Crippen molar-refractivity contribution in [2.75, 3.05) is 32.6 Å². The van der Waals surface area contributed by atoms with E-state index >= 15 is 0 Å². The molecule has 3 rings (SSSR count). The summed E-state index contributed by atoms with van der Waals surface area (Å²) in [5.74, 6) is -0.374. The van der Waals surface area contributed by atoms with Crippen LogP contribution < -0.4 is 14.8 Å². The minimum absolute atomic E-state index is 0.0592. The Labute approximate surface area is 200 Å². The maximum atomic E-state index is 13.1. The number of methoxy groups -OCH3 is 2. The van der Waals surface area contributed by atoms with Gasteiger partial charge in [0.05, 0.1) is 24.7 Å². The van der Waals surface area contributed by atoms with Crippen LogP contribution in [0.4, 0.5) is 5.69 Å². The molecule has 1 heterocycles. The zero-order valence-corrected chi connectivity index (χ0v) is 20.6. The summed E-state index contributed by atoms with van der Waals surface area (Å²) in [6, 6.07) is 9.25. The van der Waals surface area contributed by atoms with Crippen molar-refractivity contribution >= 4 is 27.6 Å². The Kier molecular flexibility index (Phi) is 8.16. The van der Waals surface area contributed by atoms with Crippen LogP contribution in [0.5, 0.6) is 11.5 Å². The summed E-state index contributed by atoms with van der Waals surface area (Å²) in [5, 5.41) is 2.66. The van der Waals surface area contributed by atoms with Gasteiger partial charge in [0, 0.05) is 37.0 Å². The highest BCUT2D eigenvalue weighted by Crippen LogP contribution is 2.27. The van der Waals surface area contributed by atoms with Gasteiger partial charge in [-0.15, -0.1) is 0 Å². The predicted octanol–water partition coefficient (Wildman–Crippen LogP) is 3.37. The molecule has 34 heavy (non-hydrogen) atoms. The SMILES string of the molecule is COc1cc(NC(=O)C(C)OC(=O)c2ccc(C)c(S(=O)(=O)N3CCCCC3)c2)cc(OC)c1. The molecule has 1 N–H and O–H groups in total. The number of piperidine rings is 1. The molecule has 0 spiro atoms. The van der Waals surface area contributed by atoms with E-state index in [1.807, 2.05) is 0 Å². The molecule has 9 nitrogen and oxygen atoms in total. The molecule has 0 bridgehead atoms. The Morgan fingerprint density at radius 2 is 1.59 bits per heavy atom. The maximum Gasteiger partial charge on any atom is 0.338 e. The third-order valence-corrected chi connectivity index (χ3v) is 7.67. The maximum absolute atomic E-state index is 13.1. The normalized spacial score (nSPS) is 15.3. The summed E-state index contributed by atoms with van der Waals surface area (Å²) in [4.78, 5) is 25.4. The fourth-order valence-corrected chi connectivity index (χ4v) is 5.42. The van der Waals surface area contributed by atoms with E-state index in [0.29, 0.717) is 35.8 Å². The molecule has 1 aliphatic rings. The predicted molar refractivity (Wildman–Crippen MR) is 127 cm³/mol. The second-order valence-electron chi connectivity index (χ2n) is 8.08. The lowest BCUT2D eigenvalue weighted by Gasteiger charge is -2.26. The van der Waals surface area contributed by atoms with E-state index in [2.05, 4.69) is 5.32 Å². The molecule has 2 aromatic rings. The van der Waals surface area contributed by atoms with Crippen LogP contribution in [0.1, 0.15) is 42.1 Å². The van der Waals surface area contributed by atoms with Crippen molar-refractivity contribution in [3.8, 4) is 11.5 Å². The molecule has 0 aliphatic carbocycles. The largest absolute Gasteiger partial charge is 0.497 e. The summed E-state index contributed by atoms with van der Waals surface area (Å²) in [5.41, 5.74) is 1.01. The third-order valence-electron chi connectivity index (χ3n) is 5.63. The summed E-state index contributed by atoms with van der Waals surface area (Å²) >= 11 is 0. The number of esters is 1. The van der Waals surface area contributed by atoms with Gasteiger partial charge in [-0.3, -0.25) is 4.79 Å². The van der Waals surface area contributed by atoms with Crippen LogP contribution in [0, 0.1) is 6.92 Å². The molecule has 1 saturated heterocycles. The Morgan fingerprint density at radius 3 is 2.18 bits per heavy atom. The topological polar surface area (TPSA) is 111 Å². The first-order valence-corrected chi connectivity index (χ1v) is 12.5. The van der Waals surface area contributed by atoms with Gasteiger partial charge < -0.3 is 19.5 Å². The van der Waals surface area contributed by atoms with E-state index < -0.39 is 28.0 Å². The molecule has 184 valence electrons. The van der Waals surface area contributed by atoms with Gasteiger partial charge in [-0.1, -0.05) is 12.5 Å². The number of hydrogen-bond donors (Lipinski definition) is 1. The average Bonchev–Trinajstić information content (AvgIpc) is 2.84. The van der Waals surface area contributed by atoms with E-state index in [9.17, 15) is 18.0 Å². The number of hydrogen-bond acceptors (Lipinski definition) is 7. The molecule has 2 aromatic carbocycles. The van der Waals surface area contributed by atoms with Crippen molar-refractivity contribution < 1.29 is 32.2 Å². The molecule has 1 fully saturated rings. The zero-order chi connectivity index (χ0) is 24.9. The van der Waals surface area contributed by atoms with Crippen LogP contribution in [0.25, 0.3) is 0 Å². The van der Waals surface area contributed by atoms with Gasteiger partial charge in [0.25, 0.3) is 5.91 Å². The number of anilines is 1. The lowest BCUT2D eigenvalue weighted by Crippen LogP contribution is -2.36. The van der Waals surface area contributed by atoms with E-state index in [1.54, 1.807) is 31.2 Å². The number of carbonyl (C=O) groups is 2. The van der Waals surface area contributed by atoms with Gasteiger partial charge in [0.2, 0.25) is 10.0 Å². The smallest absolute Gasteiger partial charge is 0.338 e. The van der Waals surface area contributed by atoms with Crippen LogP contribution in [-0.2, 0) is 19.6 Å². The Bertz CT molecular complexity index is 1140. The highest BCUT2D eigenvalue weighted by molar-refractivity contribution is 7.89. The lowest BCUT2D eigenvalue weighted by molar-refractivity contribution is -0.123. The molecular weight excluding hydrogens is 460 g/mol. The van der Waals surface area contributed by atoms with Crippen LogP contribution >= 0.6 is 0 Å².